The van der Waals surface area contributed by atoms with Gasteiger partial charge in [0.05, 0.1) is 6.10 Å². The second-order valence-corrected chi connectivity index (χ2v) is 3.99. The summed E-state index contributed by atoms with van der Waals surface area (Å²) in [5.74, 6) is 0.0324. The van der Waals surface area contributed by atoms with Gasteiger partial charge in [0.25, 0.3) is 0 Å². The number of aliphatic hydroxyl groups is 1. The summed E-state index contributed by atoms with van der Waals surface area (Å²) in [5, 5.41) is 9.21. The monoisotopic (exact) mass is 196 g/mol. The third-order valence-corrected chi connectivity index (χ3v) is 2.46. The van der Waals surface area contributed by atoms with Crippen LogP contribution in [0.2, 0.25) is 0 Å². The van der Waals surface area contributed by atoms with Gasteiger partial charge in [0, 0.05) is 0 Å². The highest BCUT2D eigenvalue weighted by molar-refractivity contribution is 5.25. The van der Waals surface area contributed by atoms with Crippen LogP contribution >= 0.6 is 0 Å². The zero-order valence-electron chi connectivity index (χ0n) is 8.92. The Bertz CT molecular complexity index is 307. The zero-order valence-corrected chi connectivity index (χ0v) is 8.92. The number of rotatable bonds is 3. The van der Waals surface area contributed by atoms with Crippen molar-refractivity contribution in [2.75, 3.05) is 0 Å². The number of hydrogen-bond donors (Lipinski definition) is 1. The molecule has 0 aliphatic heterocycles. The minimum Gasteiger partial charge on any atom is -0.393 e. The van der Waals surface area contributed by atoms with Crippen molar-refractivity contribution in [3.8, 4) is 0 Å². The van der Waals surface area contributed by atoms with Gasteiger partial charge in [-0.25, -0.2) is 4.39 Å². The van der Waals surface area contributed by atoms with Crippen LogP contribution < -0.4 is 0 Å². The van der Waals surface area contributed by atoms with E-state index in [1.165, 1.54) is 0 Å². The van der Waals surface area contributed by atoms with Crippen LogP contribution in [0.1, 0.15) is 37.3 Å². The summed E-state index contributed by atoms with van der Waals surface area (Å²) in [6.45, 7) is 5.50. The summed E-state index contributed by atoms with van der Waals surface area (Å²) >= 11 is 0. The van der Waals surface area contributed by atoms with E-state index < -0.39 is 0 Å². The molecular formula is C12H17FO. The van der Waals surface area contributed by atoms with Crippen molar-refractivity contribution in [1.29, 1.82) is 0 Å². The molecule has 1 rings (SSSR count). The van der Waals surface area contributed by atoms with Gasteiger partial charge in [-0.05, 0) is 43.4 Å². The molecule has 1 aromatic rings. The van der Waals surface area contributed by atoms with Crippen LogP contribution in [0.4, 0.5) is 4.39 Å². The van der Waals surface area contributed by atoms with Gasteiger partial charge in [-0.15, -0.1) is 0 Å². The molecule has 2 unspecified atom stereocenters. The topological polar surface area (TPSA) is 20.2 Å². The van der Waals surface area contributed by atoms with Gasteiger partial charge >= 0.3 is 0 Å². The second kappa shape index (κ2) is 4.56. The third-order valence-electron chi connectivity index (χ3n) is 2.46. The Morgan fingerprint density at radius 2 is 2.00 bits per heavy atom. The lowest BCUT2D eigenvalue weighted by Crippen LogP contribution is -2.06. The van der Waals surface area contributed by atoms with Crippen molar-refractivity contribution in [3.05, 3.63) is 35.1 Å². The molecule has 0 aliphatic carbocycles. The molecule has 0 aliphatic rings. The number of aryl methyl sites for hydroxylation is 1. The highest BCUT2D eigenvalue weighted by Gasteiger charge is 2.10. The molecule has 78 valence electrons. The van der Waals surface area contributed by atoms with E-state index in [9.17, 15) is 9.50 Å². The standard InChI is InChI=1S/C12H17FO/c1-8-4-5-11(7-12(8)13)9(2)6-10(3)14/h4-5,7,9-10,14H,6H2,1-3H3. The molecule has 1 nitrogen and oxygen atoms in total. The van der Waals surface area contributed by atoms with Gasteiger partial charge in [-0.3, -0.25) is 0 Å². The van der Waals surface area contributed by atoms with E-state index in [-0.39, 0.29) is 17.8 Å². The first-order valence-corrected chi connectivity index (χ1v) is 4.95. The van der Waals surface area contributed by atoms with Gasteiger partial charge in [0.15, 0.2) is 0 Å². The Hall–Kier alpha value is -0.890. The SMILES string of the molecule is Cc1ccc(C(C)CC(C)O)cc1F. The summed E-state index contributed by atoms with van der Waals surface area (Å²) in [6, 6.07) is 5.26. The van der Waals surface area contributed by atoms with Gasteiger partial charge in [0.1, 0.15) is 5.82 Å². The molecule has 1 N–H and O–H groups in total. The van der Waals surface area contributed by atoms with E-state index in [2.05, 4.69) is 0 Å². The van der Waals surface area contributed by atoms with E-state index in [1.54, 1.807) is 26.0 Å². The molecule has 0 heterocycles. The van der Waals surface area contributed by atoms with Crippen LogP contribution in [0.3, 0.4) is 0 Å². The number of aliphatic hydroxyl groups excluding tert-OH is 1. The molecule has 0 radical (unpaired) electrons. The first-order valence-electron chi connectivity index (χ1n) is 4.95. The van der Waals surface area contributed by atoms with Crippen molar-refractivity contribution in [2.24, 2.45) is 0 Å². The molecule has 2 atom stereocenters. The summed E-state index contributed by atoms with van der Waals surface area (Å²) in [7, 11) is 0. The van der Waals surface area contributed by atoms with Crippen molar-refractivity contribution in [2.45, 2.75) is 39.2 Å². The second-order valence-electron chi connectivity index (χ2n) is 3.99. The molecule has 0 aromatic heterocycles. The molecule has 0 bridgehead atoms. The van der Waals surface area contributed by atoms with E-state index in [0.29, 0.717) is 12.0 Å². The first kappa shape index (κ1) is 11.2. The average molecular weight is 196 g/mol. The van der Waals surface area contributed by atoms with E-state index in [0.717, 1.165) is 5.56 Å². The Balaban J connectivity index is 2.80. The molecule has 0 saturated carbocycles. The molecule has 14 heavy (non-hydrogen) atoms. The fourth-order valence-corrected chi connectivity index (χ4v) is 1.56. The number of hydrogen-bond acceptors (Lipinski definition) is 1. The fraction of sp³-hybridized carbons (Fsp3) is 0.500. The predicted molar refractivity (Wildman–Crippen MR) is 55.8 cm³/mol. The Morgan fingerprint density at radius 3 is 2.50 bits per heavy atom. The summed E-state index contributed by atoms with van der Waals surface area (Å²) in [5.41, 5.74) is 1.62. The van der Waals surface area contributed by atoms with Crippen molar-refractivity contribution >= 4 is 0 Å². The normalized spacial score (nSPS) is 15.2. The molecule has 0 fully saturated rings. The average Bonchev–Trinajstić information content (AvgIpc) is 2.08. The maximum absolute atomic E-state index is 13.2. The van der Waals surface area contributed by atoms with Gasteiger partial charge < -0.3 is 5.11 Å². The first-order chi connectivity index (χ1) is 6.50. The Kier molecular flexibility index (Phi) is 3.64. The van der Waals surface area contributed by atoms with Crippen LogP contribution in [0, 0.1) is 12.7 Å². The van der Waals surface area contributed by atoms with E-state index >= 15 is 0 Å². The highest BCUT2D eigenvalue weighted by atomic mass is 19.1. The van der Waals surface area contributed by atoms with E-state index in [4.69, 9.17) is 0 Å². The molecule has 0 saturated heterocycles. The largest absolute Gasteiger partial charge is 0.393 e. The van der Waals surface area contributed by atoms with Crippen molar-refractivity contribution in [1.82, 2.24) is 0 Å². The number of benzene rings is 1. The lowest BCUT2D eigenvalue weighted by atomic mass is 9.94. The maximum atomic E-state index is 13.2. The highest BCUT2D eigenvalue weighted by Crippen LogP contribution is 2.22. The van der Waals surface area contributed by atoms with Crippen LogP contribution in [0.15, 0.2) is 18.2 Å². The lowest BCUT2D eigenvalue weighted by Gasteiger charge is -2.14. The molecule has 1 aromatic carbocycles. The summed E-state index contributed by atoms with van der Waals surface area (Å²) < 4.78 is 13.2. The smallest absolute Gasteiger partial charge is 0.126 e. The Morgan fingerprint density at radius 1 is 1.36 bits per heavy atom. The minimum atomic E-state index is -0.339. The van der Waals surface area contributed by atoms with Crippen molar-refractivity contribution in [3.63, 3.8) is 0 Å². The third kappa shape index (κ3) is 2.81. The Labute approximate surface area is 84.6 Å². The zero-order chi connectivity index (χ0) is 10.7. The van der Waals surface area contributed by atoms with Gasteiger partial charge in [0.2, 0.25) is 0 Å². The number of halogens is 1. The quantitative estimate of drug-likeness (QED) is 0.788. The minimum absolute atomic E-state index is 0.167. The lowest BCUT2D eigenvalue weighted by molar-refractivity contribution is 0.176. The summed E-state index contributed by atoms with van der Waals surface area (Å²) in [4.78, 5) is 0. The molecule has 2 heteroatoms. The van der Waals surface area contributed by atoms with Crippen LogP contribution in [-0.4, -0.2) is 11.2 Å². The molecular weight excluding hydrogens is 179 g/mol. The van der Waals surface area contributed by atoms with Gasteiger partial charge in [-0.1, -0.05) is 19.1 Å². The maximum Gasteiger partial charge on any atom is 0.126 e. The predicted octanol–water partition coefficient (Wildman–Crippen LogP) is 3.01. The van der Waals surface area contributed by atoms with Crippen LogP contribution in [0.5, 0.6) is 0 Å². The van der Waals surface area contributed by atoms with Crippen molar-refractivity contribution < 1.29 is 9.50 Å². The summed E-state index contributed by atoms with van der Waals surface area (Å²) in [6.07, 6.45) is 0.331. The van der Waals surface area contributed by atoms with E-state index in [1.807, 2.05) is 13.0 Å². The molecule has 0 amide bonds. The van der Waals surface area contributed by atoms with Gasteiger partial charge in [-0.2, -0.15) is 0 Å². The van der Waals surface area contributed by atoms with Crippen LogP contribution in [0.25, 0.3) is 0 Å². The molecule has 0 spiro atoms. The fourth-order valence-electron chi connectivity index (χ4n) is 1.56. The van der Waals surface area contributed by atoms with Crippen LogP contribution in [-0.2, 0) is 0 Å².